The first-order valence-electron chi connectivity index (χ1n) is 3.14. The van der Waals surface area contributed by atoms with Gasteiger partial charge >= 0.3 is 0 Å². The van der Waals surface area contributed by atoms with Gasteiger partial charge in [0, 0.05) is 6.61 Å². The molecule has 10 heavy (non-hydrogen) atoms. The highest BCUT2D eigenvalue weighted by Gasteiger charge is 1.83. The van der Waals surface area contributed by atoms with Crippen molar-refractivity contribution >= 4 is 6.08 Å². The van der Waals surface area contributed by atoms with Crippen molar-refractivity contribution in [2.75, 3.05) is 19.8 Å². The molecule has 0 bridgehead atoms. The molecule has 0 aromatic carbocycles. The van der Waals surface area contributed by atoms with E-state index in [0.717, 1.165) is 6.42 Å². The molecule has 0 unspecified atom stereocenters. The van der Waals surface area contributed by atoms with Crippen LogP contribution in [-0.4, -0.2) is 25.8 Å². The van der Waals surface area contributed by atoms with E-state index >= 15 is 0 Å². The minimum absolute atomic E-state index is 0.501. The molecule has 0 heterocycles. The topological polar surface area (TPSA) is 38.7 Å². The molecule has 0 N–H and O–H groups in total. The molecule has 0 spiro atoms. The molecular formula is C7H11NO2. The van der Waals surface area contributed by atoms with Gasteiger partial charge in [-0.2, -0.15) is 0 Å². The third kappa shape index (κ3) is 7.08. The second-order valence-electron chi connectivity index (χ2n) is 1.69. The quantitative estimate of drug-likeness (QED) is 0.239. The number of carbonyl (C=O) groups excluding carboxylic acids is 1. The molecule has 0 fully saturated rings. The summed E-state index contributed by atoms with van der Waals surface area (Å²) in [5.41, 5.74) is 0. The van der Waals surface area contributed by atoms with Crippen LogP contribution in [0.1, 0.15) is 6.42 Å². The average Bonchev–Trinajstić information content (AvgIpc) is 1.97. The van der Waals surface area contributed by atoms with Gasteiger partial charge in [-0.3, -0.25) is 0 Å². The van der Waals surface area contributed by atoms with Gasteiger partial charge in [0.1, 0.15) is 0 Å². The third-order valence-corrected chi connectivity index (χ3v) is 0.859. The lowest BCUT2D eigenvalue weighted by Crippen LogP contribution is -1.95. The lowest BCUT2D eigenvalue weighted by molar-refractivity contribution is 0.161. The van der Waals surface area contributed by atoms with E-state index in [-0.39, 0.29) is 0 Å². The van der Waals surface area contributed by atoms with Crippen molar-refractivity contribution in [3.63, 3.8) is 0 Å². The van der Waals surface area contributed by atoms with E-state index in [1.165, 1.54) is 6.08 Å². The van der Waals surface area contributed by atoms with Crippen LogP contribution in [0.25, 0.3) is 0 Å². The van der Waals surface area contributed by atoms with Crippen LogP contribution in [0, 0.1) is 0 Å². The van der Waals surface area contributed by atoms with Gasteiger partial charge in [0.25, 0.3) is 0 Å². The summed E-state index contributed by atoms with van der Waals surface area (Å²) < 4.78 is 5.02. The Morgan fingerprint density at radius 2 is 2.50 bits per heavy atom. The molecule has 0 radical (unpaired) electrons. The molecule has 0 rings (SSSR count). The first kappa shape index (κ1) is 9.08. The molecule has 0 aliphatic carbocycles. The van der Waals surface area contributed by atoms with Crippen LogP contribution in [0.3, 0.4) is 0 Å². The fraction of sp³-hybridized carbons (Fsp3) is 0.571. The molecule has 0 amide bonds. The number of hydrogen-bond acceptors (Lipinski definition) is 3. The van der Waals surface area contributed by atoms with Crippen LogP contribution in [-0.2, 0) is 9.53 Å². The summed E-state index contributed by atoms with van der Waals surface area (Å²) in [6.45, 7) is 5.17. The number of nitrogens with zero attached hydrogens (tertiary/aromatic N) is 1. The van der Waals surface area contributed by atoms with Gasteiger partial charge in [0.2, 0.25) is 6.08 Å². The first-order chi connectivity index (χ1) is 4.91. The number of ether oxygens (including phenoxy) is 1. The predicted octanol–water partition coefficient (Wildman–Crippen LogP) is 0.915. The zero-order valence-electron chi connectivity index (χ0n) is 5.88. The van der Waals surface area contributed by atoms with Crippen molar-refractivity contribution in [1.82, 2.24) is 0 Å². The van der Waals surface area contributed by atoms with Gasteiger partial charge < -0.3 is 4.74 Å². The van der Waals surface area contributed by atoms with Gasteiger partial charge in [-0.15, -0.1) is 6.58 Å². The minimum atomic E-state index is 0.501. The maximum Gasteiger partial charge on any atom is 0.234 e. The summed E-state index contributed by atoms with van der Waals surface area (Å²) in [5.74, 6) is 0. The van der Waals surface area contributed by atoms with Crippen LogP contribution in [0.5, 0.6) is 0 Å². The molecule has 0 aliphatic rings. The molecular weight excluding hydrogens is 130 g/mol. The largest absolute Gasteiger partial charge is 0.377 e. The molecule has 0 saturated heterocycles. The maximum atomic E-state index is 9.55. The Hall–Kier alpha value is -0.920. The average molecular weight is 141 g/mol. The Morgan fingerprint density at radius 3 is 3.10 bits per heavy atom. The van der Waals surface area contributed by atoms with E-state index < -0.39 is 0 Å². The third-order valence-electron chi connectivity index (χ3n) is 0.859. The Bertz CT molecular complexity index is 128. The molecule has 0 atom stereocenters. The Balaban J connectivity index is 2.90. The van der Waals surface area contributed by atoms with Crippen LogP contribution in [0.2, 0.25) is 0 Å². The number of rotatable bonds is 6. The Morgan fingerprint density at radius 1 is 1.70 bits per heavy atom. The normalized spacial score (nSPS) is 8.40. The van der Waals surface area contributed by atoms with E-state index in [2.05, 4.69) is 11.6 Å². The number of hydrogen-bond donors (Lipinski definition) is 0. The van der Waals surface area contributed by atoms with Gasteiger partial charge in [-0.05, 0) is 6.42 Å². The second kappa shape index (κ2) is 8.08. The van der Waals surface area contributed by atoms with Gasteiger partial charge in [0.15, 0.2) is 0 Å². The summed E-state index contributed by atoms with van der Waals surface area (Å²) in [6.07, 6.45) is 3.91. The Labute approximate surface area is 60.4 Å². The van der Waals surface area contributed by atoms with Crippen LogP contribution >= 0.6 is 0 Å². The van der Waals surface area contributed by atoms with E-state index in [1.54, 1.807) is 6.08 Å². The van der Waals surface area contributed by atoms with E-state index in [1.807, 2.05) is 0 Å². The summed E-state index contributed by atoms with van der Waals surface area (Å²) in [5, 5.41) is 0. The molecule has 3 nitrogen and oxygen atoms in total. The number of isocyanates is 1. The standard InChI is InChI=1S/C7H11NO2/c1-2-5-10-6-3-4-8-7-9/h2H,1,3-6H2. The summed E-state index contributed by atoms with van der Waals surface area (Å²) in [7, 11) is 0. The van der Waals surface area contributed by atoms with Crippen molar-refractivity contribution in [2.45, 2.75) is 6.42 Å². The van der Waals surface area contributed by atoms with Crippen molar-refractivity contribution < 1.29 is 9.53 Å². The molecule has 0 aromatic rings. The summed E-state index contributed by atoms with van der Waals surface area (Å²) in [6, 6.07) is 0. The van der Waals surface area contributed by atoms with Crippen molar-refractivity contribution in [2.24, 2.45) is 4.99 Å². The van der Waals surface area contributed by atoms with Crippen molar-refractivity contribution in [3.05, 3.63) is 12.7 Å². The SMILES string of the molecule is C=CCOCCCN=C=O. The van der Waals surface area contributed by atoms with Gasteiger partial charge in [-0.25, -0.2) is 9.79 Å². The fourth-order valence-electron chi connectivity index (χ4n) is 0.458. The van der Waals surface area contributed by atoms with E-state index in [9.17, 15) is 4.79 Å². The van der Waals surface area contributed by atoms with Crippen LogP contribution in [0.15, 0.2) is 17.6 Å². The minimum Gasteiger partial charge on any atom is -0.377 e. The highest BCUT2D eigenvalue weighted by Crippen LogP contribution is 1.82. The fourth-order valence-corrected chi connectivity index (χ4v) is 0.458. The predicted molar refractivity (Wildman–Crippen MR) is 38.6 cm³/mol. The zero-order valence-corrected chi connectivity index (χ0v) is 5.88. The molecule has 3 heteroatoms. The van der Waals surface area contributed by atoms with E-state index in [4.69, 9.17) is 4.74 Å². The number of aliphatic imine (C=N–C) groups is 1. The van der Waals surface area contributed by atoms with Crippen LogP contribution < -0.4 is 0 Å². The summed E-state index contributed by atoms with van der Waals surface area (Å²) in [4.78, 5) is 12.9. The highest BCUT2D eigenvalue weighted by molar-refractivity contribution is 5.32. The smallest absolute Gasteiger partial charge is 0.234 e. The zero-order chi connectivity index (χ0) is 7.66. The van der Waals surface area contributed by atoms with Crippen molar-refractivity contribution in [1.29, 1.82) is 0 Å². The Kier molecular flexibility index (Phi) is 7.34. The monoisotopic (exact) mass is 141 g/mol. The first-order valence-corrected chi connectivity index (χ1v) is 3.14. The van der Waals surface area contributed by atoms with Gasteiger partial charge in [-0.1, -0.05) is 6.08 Å². The van der Waals surface area contributed by atoms with Gasteiger partial charge in [0.05, 0.1) is 13.2 Å². The van der Waals surface area contributed by atoms with Crippen molar-refractivity contribution in [3.8, 4) is 0 Å². The molecule has 56 valence electrons. The molecule has 0 aromatic heterocycles. The molecule has 0 aliphatic heterocycles. The lowest BCUT2D eigenvalue weighted by atomic mass is 10.5. The highest BCUT2D eigenvalue weighted by atomic mass is 16.5. The van der Waals surface area contributed by atoms with Crippen LogP contribution in [0.4, 0.5) is 0 Å². The summed E-state index contributed by atoms with van der Waals surface area (Å²) >= 11 is 0. The van der Waals surface area contributed by atoms with E-state index in [0.29, 0.717) is 19.8 Å². The lowest BCUT2D eigenvalue weighted by Gasteiger charge is -1.95. The molecule has 0 saturated carbocycles. The second-order valence-corrected chi connectivity index (χ2v) is 1.69. The maximum absolute atomic E-state index is 9.55.